The number of hydrogen-bond donors (Lipinski definition) is 1. The summed E-state index contributed by atoms with van der Waals surface area (Å²) < 4.78 is 2.48. The van der Waals surface area contributed by atoms with E-state index in [4.69, 9.17) is 0 Å². The van der Waals surface area contributed by atoms with Gasteiger partial charge in [0.25, 0.3) is 0 Å². The second kappa shape index (κ2) is 4.41. The van der Waals surface area contributed by atoms with Crippen molar-refractivity contribution in [3.8, 4) is 0 Å². The summed E-state index contributed by atoms with van der Waals surface area (Å²) in [5.74, 6) is 0. The number of aliphatic hydroxyl groups is 1. The Morgan fingerprint density at radius 3 is 2.67 bits per heavy atom. The summed E-state index contributed by atoms with van der Waals surface area (Å²) in [7, 11) is 0. The van der Waals surface area contributed by atoms with E-state index >= 15 is 0 Å². The number of aliphatic hydroxyl groups excluding tert-OH is 1. The van der Waals surface area contributed by atoms with E-state index in [0.29, 0.717) is 11.5 Å². The van der Waals surface area contributed by atoms with Gasteiger partial charge in [0.05, 0.1) is 6.10 Å². The lowest BCUT2D eigenvalue weighted by molar-refractivity contribution is 0.152. The molecule has 1 saturated carbocycles. The second-order valence-electron chi connectivity index (χ2n) is 6.93. The molecule has 100 valence electrons. The molecule has 18 heavy (non-hydrogen) atoms. The fourth-order valence-corrected chi connectivity index (χ4v) is 3.70. The van der Waals surface area contributed by atoms with Crippen molar-refractivity contribution < 1.29 is 5.11 Å². The molecule has 0 saturated heterocycles. The van der Waals surface area contributed by atoms with Gasteiger partial charge in [0.2, 0.25) is 0 Å². The largest absolute Gasteiger partial charge is 0.388 e. The van der Waals surface area contributed by atoms with E-state index in [0.717, 1.165) is 19.3 Å². The molecule has 0 aromatic carbocycles. The fourth-order valence-electron chi connectivity index (χ4n) is 3.70. The molecule has 1 aromatic heterocycles. The zero-order valence-corrected chi connectivity index (χ0v) is 11.7. The smallest absolute Gasteiger partial charge is 0.0807 e. The first-order valence-electron chi connectivity index (χ1n) is 7.44. The Hall–Kier alpha value is -0.760. The quantitative estimate of drug-likeness (QED) is 0.797. The minimum absolute atomic E-state index is 0.213. The minimum atomic E-state index is -0.213. The lowest BCUT2D eigenvalue weighted by atomic mass is 9.75. The number of hydrogen-bond acceptors (Lipinski definition) is 1. The Morgan fingerprint density at radius 2 is 1.94 bits per heavy atom. The molecule has 0 amide bonds. The standard InChI is InChI=1S/C16H25NO/c1-16(2)9-6-12(7-10-16)17-11-8-13-14(17)4-3-5-15(13)18/h8,11-12,15,18H,3-7,9-10H2,1-2H3. The van der Waals surface area contributed by atoms with Crippen molar-refractivity contribution in [1.82, 2.24) is 4.57 Å². The van der Waals surface area contributed by atoms with Crippen LogP contribution in [0.15, 0.2) is 12.3 Å². The number of rotatable bonds is 1. The highest BCUT2D eigenvalue weighted by Gasteiger charge is 2.30. The van der Waals surface area contributed by atoms with E-state index in [1.165, 1.54) is 36.9 Å². The topological polar surface area (TPSA) is 25.2 Å². The molecule has 1 N–H and O–H groups in total. The van der Waals surface area contributed by atoms with Crippen molar-refractivity contribution >= 4 is 0 Å². The van der Waals surface area contributed by atoms with Gasteiger partial charge in [-0.25, -0.2) is 0 Å². The van der Waals surface area contributed by atoms with E-state index in [1.807, 2.05) is 0 Å². The van der Waals surface area contributed by atoms with Gasteiger partial charge in [-0.05, 0) is 56.4 Å². The third-order valence-corrected chi connectivity index (χ3v) is 5.01. The summed E-state index contributed by atoms with van der Waals surface area (Å²) in [4.78, 5) is 0. The maximum absolute atomic E-state index is 10.0. The predicted octanol–water partition coefficient (Wildman–Crippen LogP) is 4.00. The summed E-state index contributed by atoms with van der Waals surface area (Å²) in [5, 5.41) is 10.0. The molecule has 1 heterocycles. The van der Waals surface area contributed by atoms with Crippen molar-refractivity contribution in [2.75, 3.05) is 0 Å². The van der Waals surface area contributed by atoms with E-state index in [9.17, 15) is 5.11 Å². The lowest BCUT2D eigenvalue weighted by Gasteiger charge is -2.36. The van der Waals surface area contributed by atoms with Crippen molar-refractivity contribution in [3.05, 3.63) is 23.5 Å². The van der Waals surface area contributed by atoms with Crippen LogP contribution in [0.1, 0.15) is 75.8 Å². The maximum Gasteiger partial charge on any atom is 0.0807 e. The summed E-state index contributed by atoms with van der Waals surface area (Å²) in [6, 6.07) is 2.82. The van der Waals surface area contributed by atoms with Crippen LogP contribution in [0.25, 0.3) is 0 Å². The van der Waals surface area contributed by atoms with Gasteiger partial charge >= 0.3 is 0 Å². The highest BCUT2D eigenvalue weighted by molar-refractivity contribution is 5.28. The van der Waals surface area contributed by atoms with Crippen molar-refractivity contribution in [2.24, 2.45) is 5.41 Å². The molecule has 0 radical (unpaired) electrons. The third kappa shape index (κ3) is 2.11. The average molecular weight is 247 g/mol. The van der Waals surface area contributed by atoms with Crippen LogP contribution in [0.3, 0.4) is 0 Å². The van der Waals surface area contributed by atoms with Crippen LogP contribution in [0, 0.1) is 5.41 Å². The highest BCUT2D eigenvalue weighted by atomic mass is 16.3. The molecule has 3 rings (SSSR count). The van der Waals surface area contributed by atoms with Crippen LogP contribution in [0.2, 0.25) is 0 Å². The number of nitrogens with zero attached hydrogens (tertiary/aromatic N) is 1. The van der Waals surface area contributed by atoms with E-state index < -0.39 is 0 Å². The Balaban J connectivity index is 1.82. The van der Waals surface area contributed by atoms with Crippen LogP contribution in [0.4, 0.5) is 0 Å². The molecule has 0 spiro atoms. The van der Waals surface area contributed by atoms with Gasteiger partial charge in [0, 0.05) is 23.5 Å². The summed E-state index contributed by atoms with van der Waals surface area (Å²) in [6.45, 7) is 4.77. The van der Waals surface area contributed by atoms with Gasteiger partial charge < -0.3 is 9.67 Å². The van der Waals surface area contributed by atoms with Gasteiger partial charge in [0.15, 0.2) is 0 Å². The molecule has 1 fully saturated rings. The van der Waals surface area contributed by atoms with Crippen LogP contribution in [-0.4, -0.2) is 9.67 Å². The first-order chi connectivity index (χ1) is 8.57. The Bertz CT molecular complexity index is 422. The Kier molecular flexibility index (Phi) is 3.01. The fraction of sp³-hybridized carbons (Fsp3) is 0.750. The lowest BCUT2D eigenvalue weighted by Crippen LogP contribution is -2.24. The van der Waals surface area contributed by atoms with Crippen LogP contribution in [-0.2, 0) is 6.42 Å². The summed E-state index contributed by atoms with van der Waals surface area (Å²) in [6.07, 6.45) is 10.5. The molecule has 2 aliphatic carbocycles. The third-order valence-electron chi connectivity index (χ3n) is 5.01. The van der Waals surface area contributed by atoms with E-state index in [1.54, 1.807) is 0 Å². The van der Waals surface area contributed by atoms with Gasteiger partial charge in [-0.2, -0.15) is 0 Å². The molecule has 1 aromatic rings. The monoisotopic (exact) mass is 247 g/mol. The summed E-state index contributed by atoms with van der Waals surface area (Å²) >= 11 is 0. The van der Waals surface area contributed by atoms with Gasteiger partial charge in [0.1, 0.15) is 0 Å². The zero-order valence-electron chi connectivity index (χ0n) is 11.7. The van der Waals surface area contributed by atoms with Crippen LogP contribution in [0.5, 0.6) is 0 Å². The molecular formula is C16H25NO. The normalized spacial score (nSPS) is 28.1. The SMILES string of the molecule is CC1(C)CCC(n2ccc3c2CCCC3O)CC1. The van der Waals surface area contributed by atoms with Crippen molar-refractivity contribution in [3.63, 3.8) is 0 Å². The van der Waals surface area contributed by atoms with Crippen LogP contribution >= 0.6 is 0 Å². The van der Waals surface area contributed by atoms with Gasteiger partial charge in [-0.3, -0.25) is 0 Å². The molecule has 2 heteroatoms. The molecule has 1 unspecified atom stereocenters. The molecular weight excluding hydrogens is 222 g/mol. The Morgan fingerprint density at radius 1 is 1.22 bits per heavy atom. The van der Waals surface area contributed by atoms with Crippen LogP contribution < -0.4 is 0 Å². The van der Waals surface area contributed by atoms with E-state index in [2.05, 4.69) is 30.7 Å². The molecule has 2 nitrogen and oxygen atoms in total. The van der Waals surface area contributed by atoms with Crippen molar-refractivity contribution in [2.45, 2.75) is 70.9 Å². The number of fused-ring (bicyclic) bond motifs is 1. The molecule has 2 aliphatic rings. The molecule has 0 bridgehead atoms. The van der Waals surface area contributed by atoms with Gasteiger partial charge in [-0.15, -0.1) is 0 Å². The highest BCUT2D eigenvalue weighted by Crippen LogP contribution is 2.42. The molecule has 0 aliphatic heterocycles. The minimum Gasteiger partial charge on any atom is -0.388 e. The zero-order chi connectivity index (χ0) is 12.8. The van der Waals surface area contributed by atoms with Crippen molar-refractivity contribution in [1.29, 1.82) is 0 Å². The average Bonchev–Trinajstić information content (AvgIpc) is 2.74. The van der Waals surface area contributed by atoms with Gasteiger partial charge in [-0.1, -0.05) is 13.8 Å². The van der Waals surface area contributed by atoms with E-state index in [-0.39, 0.29) is 6.10 Å². The first-order valence-corrected chi connectivity index (χ1v) is 7.44. The maximum atomic E-state index is 10.0. The predicted molar refractivity (Wildman–Crippen MR) is 73.6 cm³/mol. The molecule has 1 atom stereocenters. The second-order valence-corrected chi connectivity index (χ2v) is 6.93. The summed E-state index contributed by atoms with van der Waals surface area (Å²) in [5.41, 5.74) is 3.15. The Labute approximate surface area is 110 Å². The first kappa shape index (κ1) is 12.3. The number of aromatic nitrogens is 1.